The van der Waals surface area contributed by atoms with Gasteiger partial charge in [-0.05, 0) is 33.6 Å². The summed E-state index contributed by atoms with van der Waals surface area (Å²) in [5, 5.41) is 0. The Hall–Kier alpha value is -1.62. The number of carbonyl (C=O) groups excluding carboxylic acids is 1. The minimum atomic E-state index is -0.0668. The van der Waals surface area contributed by atoms with E-state index in [2.05, 4.69) is 14.8 Å². The van der Waals surface area contributed by atoms with Gasteiger partial charge in [0.25, 0.3) is 0 Å². The van der Waals surface area contributed by atoms with E-state index in [1.807, 2.05) is 27.0 Å². The lowest BCUT2D eigenvalue weighted by Crippen LogP contribution is -2.58. The fraction of sp³-hybridized carbons (Fsp3) is 0.647. The fourth-order valence-corrected chi connectivity index (χ4v) is 3.76. The summed E-state index contributed by atoms with van der Waals surface area (Å²) >= 11 is 0. The topological polar surface area (TPSA) is 45.7 Å². The molecule has 2 fully saturated rings. The highest BCUT2D eigenvalue weighted by atomic mass is 16.5. The van der Waals surface area contributed by atoms with Gasteiger partial charge in [-0.15, -0.1) is 0 Å². The highest BCUT2D eigenvalue weighted by molar-refractivity contribution is 5.83. The Morgan fingerprint density at radius 1 is 1.41 bits per heavy atom. The van der Waals surface area contributed by atoms with Gasteiger partial charge in [0, 0.05) is 43.0 Å². The molecule has 22 heavy (non-hydrogen) atoms. The molecule has 0 aromatic carbocycles. The summed E-state index contributed by atoms with van der Waals surface area (Å²) in [5.74, 6) is 1.17. The van der Waals surface area contributed by atoms with Crippen LogP contribution in [-0.4, -0.2) is 53.0 Å². The summed E-state index contributed by atoms with van der Waals surface area (Å²) in [6.45, 7) is 8.65. The summed E-state index contributed by atoms with van der Waals surface area (Å²) in [6.07, 6.45) is 4.12. The summed E-state index contributed by atoms with van der Waals surface area (Å²) in [4.78, 5) is 21.4. The van der Waals surface area contributed by atoms with E-state index in [9.17, 15) is 4.79 Å². The molecule has 1 aromatic rings. The number of aryl methyl sites for hydroxylation is 1. The van der Waals surface area contributed by atoms with E-state index in [1.165, 1.54) is 0 Å². The normalized spacial score (nSPS) is 25.5. The van der Waals surface area contributed by atoms with Crippen LogP contribution in [0.3, 0.4) is 0 Å². The number of hydrogen-bond donors (Lipinski definition) is 0. The van der Waals surface area contributed by atoms with Crippen molar-refractivity contribution in [1.82, 2.24) is 14.8 Å². The number of pyridine rings is 1. The van der Waals surface area contributed by atoms with E-state index in [0.29, 0.717) is 12.6 Å². The van der Waals surface area contributed by atoms with Gasteiger partial charge in [0.2, 0.25) is 5.91 Å². The highest BCUT2D eigenvalue weighted by Crippen LogP contribution is 2.29. The van der Waals surface area contributed by atoms with Crippen LogP contribution in [-0.2, 0) is 11.3 Å². The van der Waals surface area contributed by atoms with Gasteiger partial charge in [0.15, 0.2) is 0 Å². The molecule has 2 aliphatic heterocycles. The summed E-state index contributed by atoms with van der Waals surface area (Å²) in [7, 11) is 1.70. The molecule has 0 spiro atoms. The lowest BCUT2D eigenvalue weighted by Gasteiger charge is -2.41. The van der Waals surface area contributed by atoms with E-state index in [4.69, 9.17) is 4.74 Å². The fourth-order valence-electron chi connectivity index (χ4n) is 3.76. The maximum atomic E-state index is 12.5. The third-order valence-electron chi connectivity index (χ3n) is 5.11. The second-order valence-corrected chi connectivity index (χ2v) is 6.48. The Kier molecular flexibility index (Phi) is 4.08. The number of nitrogens with zero attached hydrogens (tertiary/aromatic N) is 3. The van der Waals surface area contributed by atoms with Gasteiger partial charge in [0.05, 0.1) is 18.8 Å². The predicted molar refractivity (Wildman–Crippen MR) is 84.9 cm³/mol. The molecule has 0 aliphatic carbocycles. The Morgan fingerprint density at radius 3 is 2.91 bits per heavy atom. The van der Waals surface area contributed by atoms with E-state index in [-0.39, 0.29) is 11.9 Å². The number of aromatic nitrogens is 1. The van der Waals surface area contributed by atoms with E-state index >= 15 is 0 Å². The van der Waals surface area contributed by atoms with Gasteiger partial charge in [-0.1, -0.05) is 0 Å². The highest BCUT2D eigenvalue weighted by Gasteiger charge is 2.40. The Morgan fingerprint density at radius 2 is 2.18 bits per heavy atom. The van der Waals surface area contributed by atoms with Crippen LogP contribution >= 0.6 is 0 Å². The molecular weight excluding hydrogens is 278 g/mol. The monoisotopic (exact) mass is 303 g/mol. The van der Waals surface area contributed by atoms with E-state index in [1.54, 1.807) is 7.11 Å². The molecule has 2 aliphatic rings. The SMILES string of the molecule is COc1c(C)cnc(CN2C[C@@H]3CCCN3C(=O)[C@@H]2C)c1C. The van der Waals surface area contributed by atoms with Crippen LogP contribution in [0, 0.1) is 13.8 Å². The lowest BCUT2D eigenvalue weighted by atomic mass is 10.1. The zero-order valence-electron chi connectivity index (χ0n) is 13.9. The molecule has 5 nitrogen and oxygen atoms in total. The molecule has 5 heteroatoms. The number of rotatable bonds is 3. The molecule has 0 bridgehead atoms. The molecule has 2 saturated heterocycles. The van der Waals surface area contributed by atoms with Crippen LogP contribution in [0.4, 0.5) is 0 Å². The van der Waals surface area contributed by atoms with Crippen molar-refractivity contribution in [2.45, 2.75) is 52.2 Å². The molecular formula is C17H25N3O2. The zero-order chi connectivity index (χ0) is 15.9. The molecule has 0 unspecified atom stereocenters. The van der Waals surface area contributed by atoms with Crippen molar-refractivity contribution in [3.05, 3.63) is 23.0 Å². The summed E-state index contributed by atoms with van der Waals surface area (Å²) in [5.41, 5.74) is 3.14. The molecule has 0 N–H and O–H groups in total. The third kappa shape index (κ3) is 2.47. The second-order valence-electron chi connectivity index (χ2n) is 6.48. The van der Waals surface area contributed by atoms with E-state index in [0.717, 1.165) is 48.5 Å². The molecule has 0 radical (unpaired) electrons. The zero-order valence-corrected chi connectivity index (χ0v) is 13.9. The predicted octanol–water partition coefficient (Wildman–Crippen LogP) is 1.90. The van der Waals surface area contributed by atoms with Crippen LogP contribution in [0.5, 0.6) is 5.75 Å². The molecule has 3 rings (SSSR count). The smallest absolute Gasteiger partial charge is 0.239 e. The molecule has 2 atom stereocenters. The average molecular weight is 303 g/mol. The van der Waals surface area contributed by atoms with Crippen LogP contribution in [0.25, 0.3) is 0 Å². The van der Waals surface area contributed by atoms with Gasteiger partial charge in [-0.2, -0.15) is 0 Å². The molecule has 0 saturated carbocycles. The number of hydrogen-bond acceptors (Lipinski definition) is 4. The van der Waals surface area contributed by atoms with Crippen molar-refractivity contribution in [1.29, 1.82) is 0 Å². The number of amides is 1. The van der Waals surface area contributed by atoms with Gasteiger partial charge in [-0.3, -0.25) is 14.7 Å². The minimum Gasteiger partial charge on any atom is -0.496 e. The first-order valence-electron chi connectivity index (χ1n) is 8.06. The maximum Gasteiger partial charge on any atom is 0.239 e. The van der Waals surface area contributed by atoms with Crippen molar-refractivity contribution < 1.29 is 9.53 Å². The number of carbonyl (C=O) groups is 1. The first-order chi connectivity index (χ1) is 10.5. The number of ether oxygens (including phenoxy) is 1. The molecule has 120 valence electrons. The molecule has 3 heterocycles. The van der Waals surface area contributed by atoms with Crippen molar-refractivity contribution in [2.75, 3.05) is 20.2 Å². The summed E-state index contributed by atoms with van der Waals surface area (Å²) < 4.78 is 5.49. The summed E-state index contributed by atoms with van der Waals surface area (Å²) in [6, 6.07) is 0.319. The van der Waals surface area contributed by atoms with Crippen LogP contribution in [0.2, 0.25) is 0 Å². The van der Waals surface area contributed by atoms with Crippen molar-refractivity contribution in [2.24, 2.45) is 0 Å². The van der Waals surface area contributed by atoms with Crippen molar-refractivity contribution in [3.63, 3.8) is 0 Å². The van der Waals surface area contributed by atoms with Gasteiger partial charge in [0.1, 0.15) is 5.75 Å². The maximum absolute atomic E-state index is 12.5. The van der Waals surface area contributed by atoms with Crippen LogP contribution in [0.1, 0.15) is 36.6 Å². The average Bonchev–Trinajstić information content (AvgIpc) is 2.96. The number of piperazine rings is 1. The first-order valence-corrected chi connectivity index (χ1v) is 8.06. The second kappa shape index (κ2) is 5.88. The Balaban J connectivity index is 1.82. The van der Waals surface area contributed by atoms with Gasteiger partial charge in [-0.25, -0.2) is 0 Å². The lowest BCUT2D eigenvalue weighted by molar-refractivity contribution is -0.143. The molecule has 1 amide bonds. The Bertz CT molecular complexity index is 588. The van der Waals surface area contributed by atoms with E-state index < -0.39 is 0 Å². The largest absolute Gasteiger partial charge is 0.496 e. The van der Waals surface area contributed by atoms with Crippen LogP contribution in [0.15, 0.2) is 6.20 Å². The molecule has 1 aromatic heterocycles. The van der Waals surface area contributed by atoms with Crippen LogP contribution < -0.4 is 4.74 Å². The van der Waals surface area contributed by atoms with Gasteiger partial charge >= 0.3 is 0 Å². The number of methoxy groups -OCH3 is 1. The minimum absolute atomic E-state index is 0.0668. The van der Waals surface area contributed by atoms with Gasteiger partial charge < -0.3 is 9.64 Å². The van der Waals surface area contributed by atoms with Crippen molar-refractivity contribution in [3.8, 4) is 5.75 Å². The van der Waals surface area contributed by atoms with Crippen molar-refractivity contribution >= 4 is 5.91 Å². The quantitative estimate of drug-likeness (QED) is 0.855. The number of fused-ring (bicyclic) bond motifs is 1. The standard InChI is InChI=1S/C17H25N3O2/c1-11-8-18-15(12(2)16(11)22-4)10-19-9-14-6-5-7-20(14)17(21)13(19)3/h8,13-14H,5-7,9-10H2,1-4H3/t13-,14-/m0/s1. The Labute approximate surface area is 132 Å². The first kappa shape index (κ1) is 15.3. The third-order valence-corrected chi connectivity index (χ3v) is 5.11.